The van der Waals surface area contributed by atoms with Gasteiger partial charge in [-0.05, 0) is 72.4 Å². The van der Waals surface area contributed by atoms with Gasteiger partial charge in [0, 0.05) is 17.1 Å². The molecule has 5 nitrogen and oxygen atoms in total. The van der Waals surface area contributed by atoms with E-state index in [4.69, 9.17) is 11.6 Å². The molecule has 0 unspecified atom stereocenters. The summed E-state index contributed by atoms with van der Waals surface area (Å²) in [4.78, 5) is 12.5. The molecule has 0 bridgehead atoms. The van der Waals surface area contributed by atoms with Crippen LogP contribution in [0, 0.1) is 0 Å². The number of amides is 1. The van der Waals surface area contributed by atoms with Crippen LogP contribution in [0.1, 0.15) is 46.8 Å². The second-order valence-electron chi connectivity index (χ2n) is 8.37. The van der Waals surface area contributed by atoms with Gasteiger partial charge in [-0.25, -0.2) is 8.42 Å². The van der Waals surface area contributed by atoms with Gasteiger partial charge < -0.3 is 5.32 Å². The molecule has 3 aromatic carbocycles. The number of benzene rings is 3. The molecule has 180 valence electrons. The number of anilines is 1. The van der Waals surface area contributed by atoms with Crippen LogP contribution < -0.4 is 9.62 Å². The topological polar surface area (TPSA) is 66.5 Å². The van der Waals surface area contributed by atoms with Gasteiger partial charge in [-0.2, -0.15) is 0 Å². The van der Waals surface area contributed by atoms with Crippen molar-refractivity contribution in [2.24, 2.45) is 0 Å². The monoisotopic (exact) mass is 498 g/mol. The van der Waals surface area contributed by atoms with E-state index in [9.17, 15) is 13.2 Å². The minimum atomic E-state index is -3.47. The van der Waals surface area contributed by atoms with Gasteiger partial charge in [0.25, 0.3) is 5.91 Å². The SMILES string of the molecule is CCCCc1ccc(N(Cc2ccc(C(=O)NCCc3ccc(Cl)cc3)cc2)S(C)(=O)=O)cc1. The first-order valence-corrected chi connectivity index (χ1v) is 13.7. The molecule has 0 spiro atoms. The minimum absolute atomic E-state index is 0.164. The molecule has 34 heavy (non-hydrogen) atoms. The zero-order valence-electron chi connectivity index (χ0n) is 19.6. The smallest absolute Gasteiger partial charge is 0.251 e. The number of aryl methyl sites for hydroxylation is 1. The third kappa shape index (κ3) is 7.61. The highest BCUT2D eigenvalue weighted by atomic mass is 35.5. The number of unbranched alkanes of at least 4 members (excludes halogenated alkanes) is 1. The Balaban J connectivity index is 1.61. The number of carbonyl (C=O) groups is 1. The fraction of sp³-hybridized carbons (Fsp3) is 0.296. The number of carbonyl (C=O) groups excluding carboxylic acids is 1. The highest BCUT2D eigenvalue weighted by Crippen LogP contribution is 2.22. The molecular formula is C27H31ClN2O3S. The Morgan fingerprint density at radius 3 is 2.00 bits per heavy atom. The summed E-state index contributed by atoms with van der Waals surface area (Å²) >= 11 is 5.90. The van der Waals surface area contributed by atoms with Crippen LogP contribution in [0.25, 0.3) is 0 Å². The Hall–Kier alpha value is -2.83. The summed E-state index contributed by atoms with van der Waals surface area (Å²) in [5.74, 6) is -0.164. The van der Waals surface area contributed by atoms with Crippen molar-refractivity contribution < 1.29 is 13.2 Å². The molecule has 0 aliphatic carbocycles. The minimum Gasteiger partial charge on any atom is -0.352 e. The van der Waals surface area contributed by atoms with Crippen molar-refractivity contribution >= 4 is 33.2 Å². The van der Waals surface area contributed by atoms with Crippen molar-refractivity contribution in [3.63, 3.8) is 0 Å². The predicted molar refractivity (Wildman–Crippen MR) is 140 cm³/mol. The fourth-order valence-electron chi connectivity index (χ4n) is 3.61. The highest BCUT2D eigenvalue weighted by Gasteiger charge is 2.18. The van der Waals surface area contributed by atoms with Gasteiger partial charge >= 0.3 is 0 Å². The van der Waals surface area contributed by atoms with E-state index >= 15 is 0 Å². The number of halogens is 1. The van der Waals surface area contributed by atoms with E-state index in [-0.39, 0.29) is 12.5 Å². The van der Waals surface area contributed by atoms with Gasteiger partial charge in [-0.1, -0.05) is 61.3 Å². The second-order valence-corrected chi connectivity index (χ2v) is 10.7. The molecule has 7 heteroatoms. The van der Waals surface area contributed by atoms with Crippen molar-refractivity contribution in [2.75, 3.05) is 17.1 Å². The van der Waals surface area contributed by atoms with Crippen molar-refractivity contribution in [2.45, 2.75) is 39.2 Å². The molecule has 0 atom stereocenters. The number of sulfonamides is 1. The van der Waals surface area contributed by atoms with Gasteiger partial charge in [-0.3, -0.25) is 9.10 Å². The molecule has 0 aliphatic rings. The Labute approximate surface area is 207 Å². The maximum atomic E-state index is 12.5. The Morgan fingerprint density at radius 1 is 0.853 bits per heavy atom. The van der Waals surface area contributed by atoms with E-state index in [2.05, 4.69) is 12.2 Å². The van der Waals surface area contributed by atoms with Crippen molar-refractivity contribution in [3.05, 3.63) is 100 Å². The summed E-state index contributed by atoms with van der Waals surface area (Å²) in [6.07, 6.45) is 5.13. The van der Waals surface area contributed by atoms with Gasteiger partial charge in [0.1, 0.15) is 0 Å². The van der Waals surface area contributed by atoms with E-state index in [1.54, 1.807) is 24.3 Å². The molecule has 1 N–H and O–H groups in total. The van der Waals surface area contributed by atoms with Gasteiger partial charge in [0.2, 0.25) is 10.0 Å². The first kappa shape index (κ1) is 25.8. The summed E-state index contributed by atoms with van der Waals surface area (Å²) in [5, 5.41) is 3.60. The first-order chi connectivity index (χ1) is 16.3. The number of nitrogens with zero attached hydrogens (tertiary/aromatic N) is 1. The number of hydrogen-bond donors (Lipinski definition) is 1. The molecule has 0 saturated heterocycles. The van der Waals surface area contributed by atoms with E-state index in [0.717, 1.165) is 30.4 Å². The zero-order chi connectivity index (χ0) is 24.6. The fourth-order valence-corrected chi connectivity index (χ4v) is 4.62. The Kier molecular flexibility index (Phi) is 9.13. The maximum absolute atomic E-state index is 12.5. The lowest BCUT2D eigenvalue weighted by atomic mass is 10.1. The molecule has 1 amide bonds. The van der Waals surface area contributed by atoms with E-state index in [0.29, 0.717) is 29.2 Å². The van der Waals surface area contributed by atoms with Gasteiger partial charge in [-0.15, -0.1) is 0 Å². The molecule has 0 aliphatic heterocycles. The van der Waals surface area contributed by atoms with Crippen LogP contribution in [0.15, 0.2) is 72.8 Å². The summed E-state index contributed by atoms with van der Waals surface area (Å²) in [5.41, 5.74) is 4.26. The third-order valence-corrected chi connectivity index (χ3v) is 6.99. The molecule has 0 saturated carbocycles. The van der Waals surface area contributed by atoms with Crippen LogP contribution in [0.2, 0.25) is 5.02 Å². The second kappa shape index (κ2) is 12.0. The van der Waals surface area contributed by atoms with E-state index in [1.807, 2.05) is 48.5 Å². The van der Waals surface area contributed by atoms with Crippen molar-refractivity contribution in [1.29, 1.82) is 0 Å². The molecule has 0 heterocycles. The Morgan fingerprint density at radius 2 is 1.41 bits per heavy atom. The average Bonchev–Trinajstić information content (AvgIpc) is 2.82. The van der Waals surface area contributed by atoms with Gasteiger partial charge in [0.05, 0.1) is 18.5 Å². The largest absolute Gasteiger partial charge is 0.352 e. The number of nitrogens with one attached hydrogen (secondary N) is 1. The third-order valence-electron chi connectivity index (χ3n) is 5.60. The lowest BCUT2D eigenvalue weighted by Crippen LogP contribution is -2.29. The summed E-state index contributed by atoms with van der Waals surface area (Å²) < 4.78 is 26.3. The zero-order valence-corrected chi connectivity index (χ0v) is 21.2. The molecule has 0 aromatic heterocycles. The predicted octanol–water partition coefficient (Wildman–Crippen LogP) is 5.62. The lowest BCUT2D eigenvalue weighted by Gasteiger charge is -2.23. The number of hydrogen-bond acceptors (Lipinski definition) is 3. The van der Waals surface area contributed by atoms with E-state index < -0.39 is 10.0 Å². The van der Waals surface area contributed by atoms with Crippen LogP contribution >= 0.6 is 11.6 Å². The quantitative estimate of drug-likeness (QED) is 0.373. The standard InChI is InChI=1S/C27H31ClN2O3S/c1-3-4-5-21-10-16-26(17-11-21)30(34(2,32)33)20-23-6-12-24(13-7-23)27(31)29-19-18-22-8-14-25(28)15-9-22/h6-17H,3-5,18-20H2,1-2H3,(H,29,31). The molecule has 0 radical (unpaired) electrons. The lowest BCUT2D eigenvalue weighted by molar-refractivity contribution is 0.0954. The van der Waals surface area contributed by atoms with Crippen LogP contribution in [0.4, 0.5) is 5.69 Å². The van der Waals surface area contributed by atoms with E-state index in [1.165, 1.54) is 16.1 Å². The molecular weight excluding hydrogens is 468 g/mol. The summed E-state index contributed by atoms with van der Waals surface area (Å²) in [7, 11) is -3.47. The maximum Gasteiger partial charge on any atom is 0.251 e. The molecule has 3 rings (SSSR count). The van der Waals surface area contributed by atoms with Crippen LogP contribution in [-0.2, 0) is 29.4 Å². The number of rotatable bonds is 11. The first-order valence-electron chi connectivity index (χ1n) is 11.4. The Bertz CT molecular complexity index is 1180. The van der Waals surface area contributed by atoms with Crippen LogP contribution in [0.3, 0.4) is 0 Å². The molecule has 0 fully saturated rings. The van der Waals surface area contributed by atoms with Gasteiger partial charge in [0.15, 0.2) is 0 Å². The summed E-state index contributed by atoms with van der Waals surface area (Å²) in [6, 6.07) is 22.3. The van der Waals surface area contributed by atoms with Crippen LogP contribution in [-0.4, -0.2) is 27.1 Å². The molecule has 3 aromatic rings. The average molecular weight is 499 g/mol. The van der Waals surface area contributed by atoms with Crippen molar-refractivity contribution in [1.82, 2.24) is 5.32 Å². The summed E-state index contributed by atoms with van der Waals surface area (Å²) in [6.45, 7) is 2.86. The normalized spacial score (nSPS) is 11.3. The highest BCUT2D eigenvalue weighted by molar-refractivity contribution is 7.92. The van der Waals surface area contributed by atoms with Crippen molar-refractivity contribution in [3.8, 4) is 0 Å². The van der Waals surface area contributed by atoms with Crippen LogP contribution in [0.5, 0.6) is 0 Å².